The van der Waals surface area contributed by atoms with Gasteiger partial charge in [0.25, 0.3) is 0 Å². The van der Waals surface area contributed by atoms with Crippen molar-refractivity contribution in [1.29, 1.82) is 0 Å². The molecule has 0 aliphatic carbocycles. The molecule has 0 aliphatic rings. The van der Waals surface area contributed by atoms with E-state index < -0.39 is 12.1 Å². The third-order valence-corrected chi connectivity index (χ3v) is 3.07. The number of likely N-dealkylation sites (N-methyl/N-ethyl adjacent to an activating group) is 1. The van der Waals surface area contributed by atoms with Gasteiger partial charge in [0.2, 0.25) is 0 Å². The molecular weight excluding hydrogens is 258 g/mol. The number of carbonyl (C=O) groups excluding carboxylic acids is 2. The van der Waals surface area contributed by atoms with Gasteiger partial charge in [0, 0.05) is 18.8 Å². The van der Waals surface area contributed by atoms with Crippen LogP contribution in [0.25, 0.3) is 0 Å². The first-order valence-corrected chi connectivity index (χ1v) is 7.33. The van der Waals surface area contributed by atoms with Crippen LogP contribution in [-0.2, 0) is 14.3 Å². The summed E-state index contributed by atoms with van der Waals surface area (Å²) in [6, 6.07) is 0. The number of carboxylic acids is 1. The summed E-state index contributed by atoms with van der Waals surface area (Å²) in [4.78, 5) is 22.5. The van der Waals surface area contributed by atoms with Crippen molar-refractivity contribution in [1.82, 2.24) is 0 Å². The topological polar surface area (TPSA) is 66.4 Å². The Labute approximate surface area is 122 Å². The van der Waals surface area contributed by atoms with Gasteiger partial charge in [-0.2, -0.15) is 0 Å². The summed E-state index contributed by atoms with van der Waals surface area (Å²) in [5.41, 5.74) is 0. The van der Waals surface area contributed by atoms with E-state index in [2.05, 4.69) is 13.8 Å². The van der Waals surface area contributed by atoms with Crippen LogP contribution in [-0.4, -0.2) is 50.2 Å². The van der Waals surface area contributed by atoms with Gasteiger partial charge in [-0.25, -0.2) is 0 Å². The van der Waals surface area contributed by atoms with Crippen LogP contribution in [0.1, 0.15) is 46.0 Å². The highest BCUT2D eigenvalue weighted by Crippen LogP contribution is 2.14. The number of rotatable bonds is 10. The molecule has 0 aromatic rings. The smallest absolute Gasteiger partial charge is 0.306 e. The summed E-state index contributed by atoms with van der Waals surface area (Å²) >= 11 is 0. The number of nitrogens with zero attached hydrogens (tertiary/aromatic N) is 1. The van der Waals surface area contributed by atoms with E-state index in [1.54, 1.807) is 0 Å². The van der Waals surface area contributed by atoms with Crippen LogP contribution in [0.5, 0.6) is 0 Å². The molecule has 0 N–H and O–H groups in total. The minimum Gasteiger partial charge on any atom is -0.550 e. The number of hydrogen-bond acceptors (Lipinski definition) is 4. The van der Waals surface area contributed by atoms with Crippen molar-refractivity contribution in [3.05, 3.63) is 0 Å². The highest BCUT2D eigenvalue weighted by Gasteiger charge is 2.22. The van der Waals surface area contributed by atoms with E-state index in [1.165, 1.54) is 0 Å². The summed E-state index contributed by atoms with van der Waals surface area (Å²) in [7, 11) is 5.79. The zero-order valence-electron chi connectivity index (χ0n) is 13.5. The van der Waals surface area contributed by atoms with Crippen LogP contribution >= 0.6 is 0 Å². The van der Waals surface area contributed by atoms with Crippen LogP contribution < -0.4 is 5.11 Å². The number of ether oxygens (including phenoxy) is 1. The highest BCUT2D eigenvalue weighted by atomic mass is 16.5. The molecule has 5 heteroatoms. The lowest BCUT2D eigenvalue weighted by atomic mass is 10.0. The van der Waals surface area contributed by atoms with Gasteiger partial charge in [-0.1, -0.05) is 26.7 Å². The largest absolute Gasteiger partial charge is 0.550 e. The summed E-state index contributed by atoms with van der Waals surface area (Å²) in [5.74, 6) is -1.01. The van der Waals surface area contributed by atoms with E-state index in [0.29, 0.717) is 23.4 Å². The molecule has 118 valence electrons. The Hall–Kier alpha value is -1.10. The van der Waals surface area contributed by atoms with E-state index in [-0.39, 0.29) is 12.4 Å². The maximum atomic E-state index is 11.8. The Morgan fingerprint density at radius 2 is 1.80 bits per heavy atom. The number of carboxylic acid groups (broad SMARTS) is 1. The van der Waals surface area contributed by atoms with E-state index in [9.17, 15) is 14.7 Å². The second-order valence-electron chi connectivity index (χ2n) is 6.59. The molecule has 0 radical (unpaired) electrons. The van der Waals surface area contributed by atoms with Crippen LogP contribution in [0, 0.1) is 5.92 Å². The van der Waals surface area contributed by atoms with E-state index in [1.807, 2.05) is 21.1 Å². The minimum atomic E-state index is -1.18. The average molecular weight is 287 g/mol. The van der Waals surface area contributed by atoms with Gasteiger partial charge in [-0.15, -0.1) is 0 Å². The molecule has 20 heavy (non-hydrogen) atoms. The van der Waals surface area contributed by atoms with Gasteiger partial charge in [-0.3, -0.25) is 4.79 Å². The van der Waals surface area contributed by atoms with Crippen molar-refractivity contribution in [3.63, 3.8) is 0 Å². The summed E-state index contributed by atoms with van der Waals surface area (Å²) < 4.78 is 5.83. The third-order valence-electron chi connectivity index (χ3n) is 3.07. The van der Waals surface area contributed by atoms with Gasteiger partial charge >= 0.3 is 5.97 Å². The molecule has 0 aliphatic heterocycles. The second-order valence-corrected chi connectivity index (χ2v) is 6.59. The molecule has 0 heterocycles. The molecule has 0 rings (SSSR count). The molecule has 0 aromatic heterocycles. The molecule has 0 spiro atoms. The van der Waals surface area contributed by atoms with Crippen molar-refractivity contribution < 1.29 is 23.9 Å². The fraction of sp³-hybridized carbons (Fsp3) is 0.867. The Balaban J connectivity index is 4.28. The maximum absolute atomic E-state index is 11.8. The zero-order chi connectivity index (χ0) is 15.8. The number of esters is 1. The summed E-state index contributed by atoms with van der Waals surface area (Å²) in [5, 5.41) is 10.7. The van der Waals surface area contributed by atoms with E-state index in [4.69, 9.17) is 4.74 Å². The lowest BCUT2D eigenvalue weighted by molar-refractivity contribution is -0.873. The SMILES string of the molecule is CCCC(C)CCC(=O)OC(CC(=O)[O-])C[N+](C)(C)C. The first-order chi connectivity index (χ1) is 9.14. The highest BCUT2D eigenvalue weighted by molar-refractivity contribution is 5.70. The summed E-state index contributed by atoms with van der Waals surface area (Å²) in [6.45, 7) is 4.69. The standard InChI is InChI=1S/C15H29NO4/c1-6-7-12(2)8-9-15(19)20-13(10-14(17)18)11-16(3,4)5/h12-13H,6-11H2,1-5H3. The molecule has 2 unspecified atom stereocenters. The molecule has 0 saturated heterocycles. The molecule has 0 fully saturated rings. The van der Waals surface area contributed by atoms with Crippen LogP contribution in [0.15, 0.2) is 0 Å². The number of quaternary nitrogens is 1. The van der Waals surface area contributed by atoms with Gasteiger partial charge in [0.1, 0.15) is 6.54 Å². The van der Waals surface area contributed by atoms with Gasteiger partial charge in [0.05, 0.1) is 21.1 Å². The molecule has 2 atom stereocenters. The molecule has 0 amide bonds. The predicted molar refractivity (Wildman–Crippen MR) is 75.7 cm³/mol. The first-order valence-electron chi connectivity index (χ1n) is 7.33. The number of hydrogen-bond donors (Lipinski definition) is 0. The third kappa shape index (κ3) is 10.8. The lowest BCUT2D eigenvalue weighted by Gasteiger charge is -2.29. The van der Waals surface area contributed by atoms with Gasteiger partial charge < -0.3 is 19.1 Å². The average Bonchev–Trinajstić information content (AvgIpc) is 2.23. The first kappa shape index (κ1) is 18.9. The second kappa shape index (κ2) is 8.95. The van der Waals surface area contributed by atoms with Crippen molar-refractivity contribution >= 4 is 11.9 Å². The van der Waals surface area contributed by atoms with Crippen molar-refractivity contribution in [2.24, 2.45) is 5.92 Å². The van der Waals surface area contributed by atoms with Crippen molar-refractivity contribution in [2.75, 3.05) is 27.7 Å². The molecule has 0 bridgehead atoms. The van der Waals surface area contributed by atoms with Gasteiger partial charge in [0.15, 0.2) is 6.10 Å². The van der Waals surface area contributed by atoms with Gasteiger partial charge in [-0.05, 0) is 12.3 Å². The van der Waals surface area contributed by atoms with Crippen molar-refractivity contribution in [3.8, 4) is 0 Å². The van der Waals surface area contributed by atoms with E-state index >= 15 is 0 Å². The molecule has 0 saturated carbocycles. The monoisotopic (exact) mass is 287 g/mol. The number of carbonyl (C=O) groups is 2. The van der Waals surface area contributed by atoms with Crippen LogP contribution in [0.3, 0.4) is 0 Å². The van der Waals surface area contributed by atoms with Crippen LogP contribution in [0.2, 0.25) is 0 Å². The normalized spacial score (nSPS) is 14.7. The molecule has 5 nitrogen and oxygen atoms in total. The maximum Gasteiger partial charge on any atom is 0.306 e. The fourth-order valence-electron chi connectivity index (χ4n) is 2.19. The molecule has 0 aromatic carbocycles. The molecular formula is C15H29NO4. The fourth-order valence-corrected chi connectivity index (χ4v) is 2.19. The Morgan fingerprint density at radius 1 is 1.20 bits per heavy atom. The predicted octanol–water partition coefficient (Wildman–Crippen LogP) is 0.961. The zero-order valence-corrected chi connectivity index (χ0v) is 13.5. The van der Waals surface area contributed by atoms with Crippen molar-refractivity contribution in [2.45, 2.75) is 52.1 Å². The lowest BCUT2D eigenvalue weighted by Crippen LogP contribution is -2.45. The summed E-state index contributed by atoms with van der Waals surface area (Å²) in [6.07, 6.45) is 2.47. The Morgan fingerprint density at radius 3 is 2.25 bits per heavy atom. The quantitative estimate of drug-likeness (QED) is 0.443. The minimum absolute atomic E-state index is 0.244. The van der Waals surface area contributed by atoms with Crippen LogP contribution in [0.4, 0.5) is 0 Å². The van der Waals surface area contributed by atoms with E-state index in [0.717, 1.165) is 19.3 Å². The Kier molecular flexibility index (Phi) is 8.46. The number of aliphatic carboxylic acids is 1. The Bertz CT molecular complexity index is 309.